The molecule has 0 unspecified atom stereocenters. The SMILES string of the molecule is O=c1[nH]cc(CO)c2nc(N[C@H]3CCCNC3)c3ccc(Br)cc3c12. The Bertz CT molecular complexity index is 996. The van der Waals surface area contributed by atoms with Crippen molar-refractivity contribution in [1.82, 2.24) is 15.3 Å². The van der Waals surface area contributed by atoms with Crippen LogP contribution in [0.2, 0.25) is 0 Å². The van der Waals surface area contributed by atoms with Crippen LogP contribution in [0.15, 0.2) is 33.7 Å². The second-order valence-electron chi connectivity index (χ2n) is 6.36. The molecule has 1 fully saturated rings. The van der Waals surface area contributed by atoms with Crippen LogP contribution in [-0.2, 0) is 6.61 Å². The molecule has 0 aliphatic carbocycles. The molecule has 4 rings (SSSR count). The number of aliphatic hydroxyl groups excluding tert-OH is 1. The van der Waals surface area contributed by atoms with E-state index in [1.54, 1.807) is 0 Å². The van der Waals surface area contributed by atoms with Crippen LogP contribution in [0.5, 0.6) is 0 Å². The zero-order valence-electron chi connectivity index (χ0n) is 13.6. The van der Waals surface area contributed by atoms with Crippen LogP contribution < -0.4 is 16.2 Å². The molecular weight excluding hydrogens is 384 g/mol. The molecule has 4 N–H and O–H groups in total. The van der Waals surface area contributed by atoms with Crippen molar-refractivity contribution in [2.24, 2.45) is 0 Å². The van der Waals surface area contributed by atoms with Gasteiger partial charge < -0.3 is 20.7 Å². The van der Waals surface area contributed by atoms with E-state index in [2.05, 4.69) is 31.5 Å². The molecule has 1 atom stereocenters. The first-order chi connectivity index (χ1) is 12.2. The van der Waals surface area contributed by atoms with E-state index in [1.807, 2.05) is 18.2 Å². The van der Waals surface area contributed by atoms with Crippen molar-refractivity contribution < 1.29 is 5.11 Å². The number of nitrogens with one attached hydrogen (secondary N) is 3. The first kappa shape index (κ1) is 16.5. The molecule has 0 saturated carbocycles. The summed E-state index contributed by atoms with van der Waals surface area (Å²) in [5.41, 5.74) is 0.957. The molecule has 6 nitrogen and oxygen atoms in total. The number of nitrogens with zero attached hydrogens (tertiary/aromatic N) is 1. The van der Waals surface area contributed by atoms with Gasteiger partial charge in [0.05, 0.1) is 17.5 Å². The molecule has 0 radical (unpaired) electrons. The van der Waals surface area contributed by atoms with Crippen molar-refractivity contribution in [3.8, 4) is 0 Å². The van der Waals surface area contributed by atoms with Crippen LogP contribution in [0.3, 0.4) is 0 Å². The van der Waals surface area contributed by atoms with E-state index in [9.17, 15) is 9.90 Å². The number of benzene rings is 1. The van der Waals surface area contributed by atoms with Gasteiger partial charge in [0.1, 0.15) is 5.82 Å². The summed E-state index contributed by atoms with van der Waals surface area (Å²) in [7, 11) is 0. The van der Waals surface area contributed by atoms with Crippen molar-refractivity contribution >= 4 is 43.4 Å². The molecule has 0 bridgehead atoms. The lowest BCUT2D eigenvalue weighted by Crippen LogP contribution is -2.38. The Morgan fingerprint density at radius 3 is 3.00 bits per heavy atom. The summed E-state index contributed by atoms with van der Waals surface area (Å²) in [6.45, 7) is 1.76. The maximum absolute atomic E-state index is 12.5. The summed E-state index contributed by atoms with van der Waals surface area (Å²) >= 11 is 3.49. The second-order valence-corrected chi connectivity index (χ2v) is 7.28. The van der Waals surface area contributed by atoms with Gasteiger partial charge in [-0.05, 0) is 37.6 Å². The minimum Gasteiger partial charge on any atom is -0.392 e. The molecule has 25 heavy (non-hydrogen) atoms. The van der Waals surface area contributed by atoms with Crippen LogP contribution in [0, 0.1) is 0 Å². The van der Waals surface area contributed by atoms with Gasteiger partial charge in [-0.1, -0.05) is 15.9 Å². The van der Waals surface area contributed by atoms with Crippen molar-refractivity contribution in [1.29, 1.82) is 0 Å². The summed E-state index contributed by atoms with van der Waals surface area (Å²) in [5.74, 6) is 0.754. The maximum Gasteiger partial charge on any atom is 0.258 e. The summed E-state index contributed by atoms with van der Waals surface area (Å²) in [6.07, 6.45) is 3.73. The van der Waals surface area contributed by atoms with Gasteiger partial charge >= 0.3 is 0 Å². The number of rotatable bonds is 3. The fraction of sp³-hybridized carbons (Fsp3) is 0.333. The van der Waals surface area contributed by atoms with E-state index < -0.39 is 0 Å². The third-order valence-electron chi connectivity index (χ3n) is 4.68. The Morgan fingerprint density at radius 1 is 1.36 bits per heavy atom. The highest BCUT2D eigenvalue weighted by atomic mass is 79.9. The lowest BCUT2D eigenvalue weighted by Gasteiger charge is -2.25. The minimum atomic E-state index is -0.200. The number of pyridine rings is 2. The molecule has 1 aliphatic heterocycles. The Labute approximate surface area is 152 Å². The minimum absolute atomic E-state index is 0.176. The van der Waals surface area contributed by atoms with Crippen LogP contribution in [0.4, 0.5) is 5.82 Å². The molecule has 0 spiro atoms. The highest BCUT2D eigenvalue weighted by Gasteiger charge is 2.18. The number of aromatic amines is 1. The van der Waals surface area contributed by atoms with Crippen molar-refractivity contribution in [3.63, 3.8) is 0 Å². The molecule has 3 heterocycles. The number of H-pyrrole nitrogens is 1. The first-order valence-electron chi connectivity index (χ1n) is 8.39. The van der Waals surface area contributed by atoms with E-state index in [-0.39, 0.29) is 12.2 Å². The van der Waals surface area contributed by atoms with Gasteiger partial charge in [-0.3, -0.25) is 4.79 Å². The fourth-order valence-electron chi connectivity index (χ4n) is 3.44. The smallest absolute Gasteiger partial charge is 0.258 e. The van der Waals surface area contributed by atoms with Crippen LogP contribution in [0.25, 0.3) is 21.7 Å². The van der Waals surface area contributed by atoms with Gasteiger partial charge in [-0.15, -0.1) is 0 Å². The number of hydrogen-bond acceptors (Lipinski definition) is 5. The van der Waals surface area contributed by atoms with Crippen molar-refractivity contribution in [3.05, 3.63) is 44.8 Å². The zero-order valence-corrected chi connectivity index (χ0v) is 15.2. The molecular formula is C18H19BrN4O2. The van der Waals surface area contributed by atoms with Gasteiger partial charge in [0, 0.05) is 39.6 Å². The summed E-state index contributed by atoms with van der Waals surface area (Å²) in [4.78, 5) is 19.9. The molecule has 130 valence electrons. The third-order valence-corrected chi connectivity index (χ3v) is 5.18. The molecule has 1 aromatic carbocycles. The molecule has 3 aromatic rings. The highest BCUT2D eigenvalue weighted by Crippen LogP contribution is 2.31. The molecule has 1 aliphatic rings. The van der Waals surface area contributed by atoms with Crippen molar-refractivity contribution in [2.45, 2.75) is 25.5 Å². The van der Waals surface area contributed by atoms with Crippen LogP contribution in [0.1, 0.15) is 18.4 Å². The highest BCUT2D eigenvalue weighted by molar-refractivity contribution is 9.10. The Morgan fingerprint density at radius 2 is 2.24 bits per heavy atom. The topological polar surface area (TPSA) is 90.0 Å². The quantitative estimate of drug-likeness (QED) is 0.505. The fourth-order valence-corrected chi connectivity index (χ4v) is 3.80. The van der Waals surface area contributed by atoms with Gasteiger partial charge in [-0.25, -0.2) is 4.98 Å². The molecule has 2 aromatic heterocycles. The number of aliphatic hydroxyl groups is 1. The summed E-state index contributed by atoms with van der Waals surface area (Å²) in [5, 5.41) is 18.8. The van der Waals surface area contributed by atoms with Crippen LogP contribution in [-0.4, -0.2) is 34.2 Å². The molecule has 7 heteroatoms. The Kier molecular flexibility index (Phi) is 4.45. The van der Waals surface area contributed by atoms with E-state index in [4.69, 9.17) is 4.98 Å². The van der Waals surface area contributed by atoms with Gasteiger partial charge in [-0.2, -0.15) is 0 Å². The lowest BCUT2D eigenvalue weighted by molar-refractivity contribution is 0.282. The summed E-state index contributed by atoms with van der Waals surface area (Å²) < 4.78 is 0.895. The van der Waals surface area contributed by atoms with E-state index in [0.717, 1.165) is 47.0 Å². The molecule has 0 amide bonds. The predicted molar refractivity (Wildman–Crippen MR) is 103 cm³/mol. The van der Waals surface area contributed by atoms with Crippen molar-refractivity contribution in [2.75, 3.05) is 18.4 Å². The monoisotopic (exact) mass is 402 g/mol. The van der Waals surface area contributed by atoms with E-state index in [0.29, 0.717) is 22.5 Å². The molecule has 1 saturated heterocycles. The van der Waals surface area contributed by atoms with E-state index >= 15 is 0 Å². The number of piperidine rings is 1. The summed E-state index contributed by atoms with van der Waals surface area (Å²) in [6, 6.07) is 6.14. The van der Waals surface area contributed by atoms with Gasteiger partial charge in [0.2, 0.25) is 0 Å². The van der Waals surface area contributed by atoms with Crippen LogP contribution >= 0.6 is 15.9 Å². The lowest BCUT2D eigenvalue weighted by atomic mass is 10.0. The standard InChI is InChI=1S/C18H19BrN4O2/c19-11-3-4-13-14(6-11)15-16(10(9-24)7-21-18(15)25)23-17(13)22-12-2-1-5-20-8-12/h3-4,6-7,12,20,24H,1-2,5,8-9H2,(H,21,25)(H,22,23)/t12-/m0/s1. The van der Waals surface area contributed by atoms with Gasteiger partial charge in [0.15, 0.2) is 0 Å². The maximum atomic E-state index is 12.5. The number of aromatic nitrogens is 2. The number of fused-ring (bicyclic) bond motifs is 3. The number of halogens is 1. The largest absolute Gasteiger partial charge is 0.392 e. The number of anilines is 1. The predicted octanol–water partition coefficient (Wildman–Crippen LogP) is 2.50. The Balaban J connectivity index is 1.99. The number of hydrogen-bond donors (Lipinski definition) is 4. The van der Waals surface area contributed by atoms with E-state index in [1.165, 1.54) is 6.20 Å². The Hall–Kier alpha value is -1.96. The second kappa shape index (κ2) is 6.74. The average Bonchev–Trinajstić information content (AvgIpc) is 2.62. The zero-order chi connectivity index (χ0) is 17.4. The average molecular weight is 403 g/mol. The first-order valence-corrected chi connectivity index (χ1v) is 9.18. The normalized spacial score (nSPS) is 17.9. The van der Waals surface area contributed by atoms with Gasteiger partial charge in [0.25, 0.3) is 5.56 Å². The third kappa shape index (κ3) is 3.03.